The Bertz CT molecular complexity index is 845. The van der Waals surface area contributed by atoms with Crippen LogP contribution in [0.1, 0.15) is 34.1 Å². The normalized spacial score (nSPS) is 18.2. The van der Waals surface area contributed by atoms with Gasteiger partial charge in [0.1, 0.15) is 0 Å². The maximum Gasteiger partial charge on any atom is 0.240 e. The summed E-state index contributed by atoms with van der Waals surface area (Å²) in [5, 5.41) is 2.68. The topological polar surface area (TPSA) is 75.6 Å². The Morgan fingerprint density at radius 2 is 1.72 bits per heavy atom. The number of rotatable bonds is 5. The standard InChI is InChI=1S/C19H16N2O3S/c1-12(22)13-7-9-15(10-8-13)20-19-21-18(24)17(25-19)11-16(23)14-5-3-2-4-6-14/h2-10,17H,11H2,1H3,(H,20,21,24). The molecule has 126 valence electrons. The Kier molecular flexibility index (Phi) is 5.09. The molecule has 0 bridgehead atoms. The summed E-state index contributed by atoms with van der Waals surface area (Å²) in [5.74, 6) is -0.295. The Morgan fingerprint density at radius 1 is 1.04 bits per heavy atom. The van der Waals surface area contributed by atoms with E-state index in [1.54, 1.807) is 48.5 Å². The number of amidine groups is 1. The number of benzene rings is 2. The van der Waals surface area contributed by atoms with Crippen LogP contribution in [-0.2, 0) is 4.79 Å². The molecule has 0 aliphatic carbocycles. The van der Waals surface area contributed by atoms with Gasteiger partial charge in [-0.3, -0.25) is 14.4 Å². The first-order valence-corrected chi connectivity index (χ1v) is 8.66. The molecule has 0 aromatic heterocycles. The average molecular weight is 352 g/mol. The summed E-state index contributed by atoms with van der Waals surface area (Å²) in [4.78, 5) is 40.0. The fraction of sp³-hybridized carbons (Fsp3) is 0.158. The van der Waals surface area contributed by atoms with E-state index in [0.29, 0.717) is 22.0 Å². The summed E-state index contributed by atoms with van der Waals surface area (Å²) in [6.07, 6.45) is 0.128. The van der Waals surface area contributed by atoms with E-state index in [4.69, 9.17) is 0 Å². The lowest BCUT2D eigenvalue weighted by atomic mass is 10.1. The van der Waals surface area contributed by atoms with Crippen LogP contribution in [0.15, 0.2) is 59.6 Å². The van der Waals surface area contributed by atoms with Crippen LogP contribution in [0.25, 0.3) is 0 Å². The van der Waals surface area contributed by atoms with Gasteiger partial charge in [-0.25, -0.2) is 4.99 Å². The first-order chi connectivity index (χ1) is 12.0. The van der Waals surface area contributed by atoms with Crippen LogP contribution < -0.4 is 5.32 Å². The molecule has 1 fully saturated rings. The first-order valence-electron chi connectivity index (χ1n) is 7.78. The van der Waals surface area contributed by atoms with E-state index >= 15 is 0 Å². The Balaban J connectivity index is 1.67. The number of carbonyl (C=O) groups is 3. The molecule has 1 heterocycles. The maximum atomic E-state index is 12.2. The van der Waals surface area contributed by atoms with Crippen molar-refractivity contribution in [2.24, 2.45) is 4.99 Å². The number of thioether (sulfide) groups is 1. The number of amides is 1. The smallest absolute Gasteiger partial charge is 0.240 e. The van der Waals surface area contributed by atoms with Crippen LogP contribution in [-0.4, -0.2) is 27.9 Å². The molecule has 1 amide bonds. The van der Waals surface area contributed by atoms with E-state index in [9.17, 15) is 14.4 Å². The number of Topliss-reactive ketones (excluding diaryl/α,β-unsaturated/α-hetero) is 2. The number of nitrogens with one attached hydrogen (secondary N) is 1. The SMILES string of the molecule is CC(=O)c1ccc(N=C2NC(=O)C(CC(=O)c3ccccc3)S2)cc1. The van der Waals surface area contributed by atoms with Gasteiger partial charge < -0.3 is 5.32 Å². The second-order valence-corrected chi connectivity index (χ2v) is 6.80. The minimum absolute atomic E-state index is 0.0118. The van der Waals surface area contributed by atoms with Crippen LogP contribution in [0.4, 0.5) is 5.69 Å². The molecule has 25 heavy (non-hydrogen) atoms. The molecule has 1 aliphatic heterocycles. The number of ketones is 2. The van der Waals surface area contributed by atoms with Gasteiger partial charge >= 0.3 is 0 Å². The van der Waals surface area contributed by atoms with Gasteiger partial charge in [-0.2, -0.15) is 0 Å². The lowest BCUT2D eigenvalue weighted by Crippen LogP contribution is -2.26. The highest BCUT2D eigenvalue weighted by molar-refractivity contribution is 8.15. The van der Waals surface area contributed by atoms with E-state index in [1.165, 1.54) is 18.7 Å². The minimum Gasteiger partial charge on any atom is -0.304 e. The van der Waals surface area contributed by atoms with Crippen molar-refractivity contribution in [1.82, 2.24) is 5.32 Å². The Labute approximate surface area is 149 Å². The predicted molar refractivity (Wildman–Crippen MR) is 98.5 cm³/mol. The third-order valence-corrected chi connectivity index (χ3v) is 4.83. The number of hydrogen-bond donors (Lipinski definition) is 1. The molecule has 0 radical (unpaired) electrons. The lowest BCUT2D eigenvalue weighted by molar-refractivity contribution is -0.118. The summed E-state index contributed by atoms with van der Waals surface area (Å²) in [6, 6.07) is 15.8. The van der Waals surface area contributed by atoms with Gasteiger partial charge in [0.05, 0.1) is 10.9 Å². The molecule has 6 heteroatoms. The van der Waals surface area contributed by atoms with Gasteiger partial charge in [0.15, 0.2) is 16.7 Å². The van der Waals surface area contributed by atoms with E-state index in [2.05, 4.69) is 10.3 Å². The summed E-state index contributed by atoms with van der Waals surface area (Å²) in [7, 11) is 0. The van der Waals surface area contributed by atoms with Crippen molar-refractivity contribution in [3.8, 4) is 0 Å². The van der Waals surface area contributed by atoms with E-state index in [0.717, 1.165) is 0 Å². The van der Waals surface area contributed by atoms with E-state index in [-0.39, 0.29) is 23.9 Å². The second-order valence-electron chi connectivity index (χ2n) is 5.61. The van der Waals surface area contributed by atoms with Crippen LogP contribution in [0, 0.1) is 0 Å². The zero-order chi connectivity index (χ0) is 17.8. The lowest BCUT2D eigenvalue weighted by Gasteiger charge is -2.04. The van der Waals surface area contributed by atoms with Crippen molar-refractivity contribution in [2.45, 2.75) is 18.6 Å². The number of carbonyl (C=O) groups excluding carboxylic acids is 3. The number of nitrogens with zero attached hydrogens (tertiary/aromatic N) is 1. The number of aliphatic imine (C=N–C) groups is 1. The molecule has 3 rings (SSSR count). The molecule has 1 N–H and O–H groups in total. The number of hydrogen-bond acceptors (Lipinski definition) is 5. The highest BCUT2D eigenvalue weighted by Crippen LogP contribution is 2.26. The second kappa shape index (κ2) is 7.44. The van der Waals surface area contributed by atoms with Gasteiger partial charge in [-0.05, 0) is 31.2 Å². The van der Waals surface area contributed by atoms with Crippen molar-refractivity contribution in [3.63, 3.8) is 0 Å². The molecule has 2 aromatic rings. The van der Waals surface area contributed by atoms with Crippen molar-refractivity contribution in [1.29, 1.82) is 0 Å². The van der Waals surface area contributed by atoms with Gasteiger partial charge in [0.25, 0.3) is 0 Å². The quantitative estimate of drug-likeness (QED) is 0.837. The van der Waals surface area contributed by atoms with Crippen molar-refractivity contribution >= 4 is 40.1 Å². The molecule has 1 atom stereocenters. The summed E-state index contributed by atoms with van der Waals surface area (Å²) < 4.78 is 0. The molecule has 5 nitrogen and oxygen atoms in total. The molecular formula is C19H16N2O3S. The Morgan fingerprint density at radius 3 is 2.36 bits per heavy atom. The van der Waals surface area contributed by atoms with Crippen molar-refractivity contribution in [2.75, 3.05) is 0 Å². The van der Waals surface area contributed by atoms with E-state index in [1.807, 2.05) is 6.07 Å². The molecule has 0 saturated carbocycles. The van der Waals surface area contributed by atoms with Crippen molar-refractivity contribution in [3.05, 3.63) is 65.7 Å². The van der Waals surface area contributed by atoms with Gasteiger partial charge in [0.2, 0.25) is 5.91 Å². The fourth-order valence-corrected chi connectivity index (χ4v) is 3.38. The molecular weight excluding hydrogens is 336 g/mol. The zero-order valence-electron chi connectivity index (χ0n) is 13.6. The van der Waals surface area contributed by atoms with Gasteiger partial charge in [-0.1, -0.05) is 42.1 Å². The highest BCUT2D eigenvalue weighted by Gasteiger charge is 2.32. The summed E-state index contributed by atoms with van der Waals surface area (Å²) >= 11 is 1.25. The Hall–Kier alpha value is -2.73. The van der Waals surface area contributed by atoms with Crippen LogP contribution >= 0.6 is 11.8 Å². The third-order valence-electron chi connectivity index (χ3n) is 3.75. The van der Waals surface area contributed by atoms with Crippen molar-refractivity contribution < 1.29 is 14.4 Å². The molecule has 1 aliphatic rings. The third kappa shape index (κ3) is 4.22. The summed E-state index contributed by atoms with van der Waals surface area (Å²) in [6.45, 7) is 1.50. The minimum atomic E-state index is -0.483. The van der Waals surface area contributed by atoms with Gasteiger partial charge in [0, 0.05) is 17.5 Å². The van der Waals surface area contributed by atoms with Crippen LogP contribution in [0.5, 0.6) is 0 Å². The van der Waals surface area contributed by atoms with Gasteiger partial charge in [-0.15, -0.1) is 0 Å². The molecule has 2 aromatic carbocycles. The van der Waals surface area contributed by atoms with E-state index < -0.39 is 5.25 Å². The maximum absolute atomic E-state index is 12.2. The summed E-state index contributed by atoms with van der Waals surface area (Å²) in [5.41, 5.74) is 1.85. The fourth-order valence-electron chi connectivity index (χ4n) is 2.39. The average Bonchev–Trinajstić information content (AvgIpc) is 2.95. The monoisotopic (exact) mass is 352 g/mol. The largest absolute Gasteiger partial charge is 0.304 e. The molecule has 0 spiro atoms. The zero-order valence-corrected chi connectivity index (χ0v) is 14.4. The predicted octanol–water partition coefficient (Wildman–Crippen LogP) is 3.38. The molecule has 1 unspecified atom stereocenters. The molecule has 1 saturated heterocycles. The van der Waals surface area contributed by atoms with Crippen LogP contribution in [0.3, 0.4) is 0 Å². The highest BCUT2D eigenvalue weighted by atomic mass is 32.2. The first kappa shape index (κ1) is 17.1. The van der Waals surface area contributed by atoms with Crippen LogP contribution in [0.2, 0.25) is 0 Å².